The van der Waals surface area contributed by atoms with E-state index in [9.17, 15) is 9.90 Å². The number of carbonyl (C=O) groups excluding carboxylic acids is 1. The van der Waals surface area contributed by atoms with Gasteiger partial charge in [0.15, 0.2) is 0 Å². The van der Waals surface area contributed by atoms with E-state index >= 15 is 0 Å². The lowest BCUT2D eigenvalue weighted by atomic mass is 10.1. The summed E-state index contributed by atoms with van der Waals surface area (Å²) >= 11 is 0. The zero-order valence-electron chi connectivity index (χ0n) is 12.0. The first-order valence-corrected chi connectivity index (χ1v) is 7.12. The van der Waals surface area contributed by atoms with E-state index in [1.54, 1.807) is 0 Å². The molecule has 0 saturated heterocycles. The van der Waals surface area contributed by atoms with Crippen LogP contribution in [0, 0.1) is 0 Å². The van der Waals surface area contributed by atoms with Crippen LogP contribution in [0.3, 0.4) is 0 Å². The monoisotopic (exact) mass is 245 g/mol. The molecule has 0 aliphatic carbocycles. The summed E-state index contributed by atoms with van der Waals surface area (Å²) in [6.07, 6.45) is 11.2. The summed E-state index contributed by atoms with van der Waals surface area (Å²) in [5.41, 5.74) is 0. The van der Waals surface area contributed by atoms with Crippen LogP contribution >= 0.6 is 0 Å². The van der Waals surface area contributed by atoms with Crippen molar-refractivity contribution >= 4 is 5.97 Å². The van der Waals surface area contributed by atoms with Crippen LogP contribution in [0.15, 0.2) is 0 Å². The topological polar surface area (TPSA) is 56.7 Å². The van der Waals surface area contributed by atoms with Crippen LogP contribution in [0.5, 0.6) is 0 Å². The van der Waals surface area contributed by atoms with Gasteiger partial charge in [-0.25, -0.2) is 0 Å². The highest BCUT2D eigenvalue weighted by Crippen LogP contribution is 2.09. The van der Waals surface area contributed by atoms with E-state index in [1.165, 1.54) is 44.9 Å². The van der Waals surface area contributed by atoms with Crippen molar-refractivity contribution in [2.75, 3.05) is 14.1 Å². The average Bonchev–Trinajstić information content (AvgIpc) is 2.27. The Morgan fingerprint density at radius 2 is 1.24 bits per heavy atom. The molecule has 0 spiro atoms. The maximum absolute atomic E-state index is 10.1. The maximum atomic E-state index is 10.1. The number of carbonyl (C=O) groups is 1. The van der Waals surface area contributed by atoms with E-state index in [1.807, 2.05) is 19.4 Å². The molecule has 3 nitrogen and oxygen atoms in total. The van der Waals surface area contributed by atoms with Gasteiger partial charge in [-0.1, -0.05) is 58.3 Å². The van der Waals surface area contributed by atoms with Gasteiger partial charge in [-0.15, -0.1) is 0 Å². The van der Waals surface area contributed by atoms with Gasteiger partial charge >= 0.3 is 0 Å². The molecule has 0 aliphatic heterocycles. The van der Waals surface area contributed by atoms with Crippen molar-refractivity contribution in [1.82, 2.24) is 0 Å². The third-order valence-corrected chi connectivity index (χ3v) is 2.48. The van der Waals surface area contributed by atoms with Crippen LogP contribution in [-0.4, -0.2) is 20.1 Å². The minimum atomic E-state index is -0.909. The van der Waals surface area contributed by atoms with Crippen molar-refractivity contribution in [2.24, 2.45) is 0 Å². The Morgan fingerprint density at radius 3 is 1.59 bits per heavy atom. The summed E-state index contributed by atoms with van der Waals surface area (Å²) in [6, 6.07) is 0. The highest BCUT2D eigenvalue weighted by Gasteiger charge is 1.92. The van der Waals surface area contributed by atoms with Gasteiger partial charge in [0.05, 0.1) is 14.1 Å². The van der Waals surface area contributed by atoms with Crippen LogP contribution in [0.25, 0.3) is 0 Å². The van der Waals surface area contributed by atoms with E-state index in [0.717, 1.165) is 12.8 Å². The van der Waals surface area contributed by atoms with Crippen LogP contribution in [0.2, 0.25) is 0 Å². The molecule has 0 aromatic carbocycles. The minimum absolute atomic E-state index is 0.232. The van der Waals surface area contributed by atoms with E-state index in [-0.39, 0.29) is 6.42 Å². The number of hydrogen-bond donors (Lipinski definition) is 1. The Kier molecular flexibility index (Phi) is 19.7. The largest absolute Gasteiger partial charge is 0.550 e. The van der Waals surface area contributed by atoms with Crippen LogP contribution in [-0.2, 0) is 4.79 Å². The molecule has 0 bridgehead atoms. The molecule has 0 aromatic heterocycles. The SMILES string of the molecule is CCCCCCCCCCCC(=O)[O-].C[NH2+]C. The third kappa shape index (κ3) is 25.6. The fourth-order valence-corrected chi connectivity index (χ4v) is 1.58. The van der Waals surface area contributed by atoms with Gasteiger partial charge in [0, 0.05) is 5.97 Å². The number of hydrogen-bond acceptors (Lipinski definition) is 2. The molecule has 0 heterocycles. The molecule has 0 fully saturated rings. The number of nitrogens with two attached hydrogens (primary N) is 1. The Balaban J connectivity index is 0. The van der Waals surface area contributed by atoms with E-state index < -0.39 is 5.97 Å². The smallest absolute Gasteiger partial charge is 0.0647 e. The molecule has 3 heteroatoms. The second-order valence-corrected chi connectivity index (χ2v) is 4.53. The summed E-state index contributed by atoms with van der Waals surface area (Å²) in [4.78, 5) is 10.1. The van der Waals surface area contributed by atoms with Crippen molar-refractivity contribution < 1.29 is 15.2 Å². The Hall–Kier alpha value is -0.570. The molecule has 0 unspecified atom stereocenters. The van der Waals surface area contributed by atoms with Crippen molar-refractivity contribution in [3.63, 3.8) is 0 Å². The number of rotatable bonds is 10. The first-order valence-electron chi connectivity index (χ1n) is 7.12. The molecule has 0 aromatic rings. The molecule has 0 rings (SSSR count). The molecule has 0 saturated carbocycles. The zero-order chi connectivity index (χ0) is 13.4. The summed E-state index contributed by atoms with van der Waals surface area (Å²) in [5.74, 6) is -0.909. The summed E-state index contributed by atoms with van der Waals surface area (Å²) < 4.78 is 0. The van der Waals surface area contributed by atoms with Gasteiger partial charge < -0.3 is 15.2 Å². The van der Waals surface area contributed by atoms with Gasteiger partial charge in [0.2, 0.25) is 0 Å². The second-order valence-electron chi connectivity index (χ2n) is 4.53. The van der Waals surface area contributed by atoms with E-state index in [4.69, 9.17) is 0 Å². The predicted octanol–water partition coefficient (Wildman–Crippen LogP) is 1.47. The predicted molar refractivity (Wildman–Crippen MR) is 70.6 cm³/mol. The Morgan fingerprint density at radius 1 is 0.882 bits per heavy atom. The molecule has 0 radical (unpaired) electrons. The number of carboxylic acid groups (broad SMARTS) is 1. The number of quaternary nitrogens is 1. The summed E-state index contributed by atoms with van der Waals surface area (Å²) in [6.45, 7) is 2.22. The van der Waals surface area contributed by atoms with Crippen molar-refractivity contribution in [1.29, 1.82) is 0 Å². The lowest BCUT2D eigenvalue weighted by molar-refractivity contribution is -0.597. The van der Waals surface area contributed by atoms with E-state index in [2.05, 4.69) is 6.92 Å². The molecular formula is C14H31NO2. The van der Waals surface area contributed by atoms with Crippen molar-refractivity contribution in [2.45, 2.75) is 71.1 Å². The molecule has 104 valence electrons. The number of unbranched alkanes of at least 4 members (excludes halogenated alkanes) is 8. The Bertz CT molecular complexity index is 149. The van der Waals surface area contributed by atoms with Crippen LogP contribution in [0.1, 0.15) is 71.1 Å². The standard InChI is InChI=1S/C12H24O2.C2H7N/c1-2-3-4-5-6-7-8-9-10-11-12(13)14;1-3-2/h2-11H2,1H3,(H,13,14);3H,1-2H3. The summed E-state index contributed by atoms with van der Waals surface area (Å²) in [7, 11) is 4.00. The quantitative estimate of drug-likeness (QED) is 0.593. The molecule has 2 N–H and O–H groups in total. The third-order valence-electron chi connectivity index (χ3n) is 2.48. The highest BCUT2D eigenvalue weighted by atomic mass is 16.4. The molecular weight excluding hydrogens is 214 g/mol. The van der Waals surface area contributed by atoms with E-state index in [0.29, 0.717) is 0 Å². The van der Waals surface area contributed by atoms with Gasteiger partial charge in [-0.2, -0.15) is 0 Å². The van der Waals surface area contributed by atoms with Crippen LogP contribution in [0.4, 0.5) is 0 Å². The Labute approximate surface area is 107 Å². The average molecular weight is 245 g/mol. The second kappa shape index (κ2) is 17.8. The molecule has 0 atom stereocenters. The normalized spacial score (nSPS) is 9.59. The highest BCUT2D eigenvalue weighted by molar-refractivity contribution is 5.63. The first kappa shape index (κ1) is 18.8. The minimum Gasteiger partial charge on any atom is -0.550 e. The van der Waals surface area contributed by atoms with Gasteiger partial charge in [-0.05, 0) is 12.8 Å². The van der Waals surface area contributed by atoms with Crippen molar-refractivity contribution in [3.05, 3.63) is 0 Å². The van der Waals surface area contributed by atoms with Crippen molar-refractivity contribution in [3.8, 4) is 0 Å². The fraction of sp³-hybridized carbons (Fsp3) is 0.929. The first-order chi connectivity index (χ1) is 8.18. The van der Waals surface area contributed by atoms with Gasteiger partial charge in [-0.3, -0.25) is 0 Å². The molecule has 0 aliphatic rings. The number of aliphatic carboxylic acids is 1. The van der Waals surface area contributed by atoms with Gasteiger partial charge in [0.1, 0.15) is 0 Å². The fourth-order valence-electron chi connectivity index (χ4n) is 1.58. The molecule has 0 amide bonds. The van der Waals surface area contributed by atoms with Crippen LogP contribution < -0.4 is 10.4 Å². The van der Waals surface area contributed by atoms with Gasteiger partial charge in [0.25, 0.3) is 0 Å². The zero-order valence-corrected chi connectivity index (χ0v) is 12.0. The summed E-state index contributed by atoms with van der Waals surface area (Å²) in [5, 5.41) is 12.1. The number of carboxylic acids is 1. The maximum Gasteiger partial charge on any atom is 0.0647 e. The lowest BCUT2D eigenvalue weighted by Crippen LogP contribution is -2.74. The molecule has 17 heavy (non-hydrogen) atoms. The lowest BCUT2D eigenvalue weighted by Gasteiger charge is -2.02.